The third-order valence-corrected chi connectivity index (χ3v) is 4.39. The number of nitrogens with one attached hydrogen (secondary N) is 1. The van der Waals surface area contributed by atoms with Crippen molar-refractivity contribution in [3.8, 4) is 11.4 Å². The molecule has 0 unspecified atom stereocenters. The summed E-state index contributed by atoms with van der Waals surface area (Å²) in [5.41, 5.74) is 4.74. The molecule has 0 saturated carbocycles. The molecule has 1 amide bonds. The smallest absolute Gasteiger partial charge is 0.274 e. The maximum atomic E-state index is 12.6. The zero-order valence-electron chi connectivity index (χ0n) is 16.9. The highest BCUT2D eigenvalue weighted by Crippen LogP contribution is 2.14. The Kier molecular flexibility index (Phi) is 5.97. The van der Waals surface area contributed by atoms with Crippen LogP contribution in [0.1, 0.15) is 35.5 Å². The van der Waals surface area contributed by atoms with Crippen molar-refractivity contribution >= 4 is 12.1 Å². The molecule has 3 rings (SSSR count). The Morgan fingerprint density at radius 1 is 1.10 bits per heavy atom. The van der Waals surface area contributed by atoms with E-state index in [-0.39, 0.29) is 17.6 Å². The van der Waals surface area contributed by atoms with Crippen LogP contribution in [0.15, 0.2) is 64.5 Å². The van der Waals surface area contributed by atoms with Gasteiger partial charge in [-0.05, 0) is 57.2 Å². The van der Waals surface area contributed by atoms with Gasteiger partial charge in [0.15, 0.2) is 0 Å². The number of hydrogen-bond donors (Lipinski definition) is 1. The van der Waals surface area contributed by atoms with E-state index in [2.05, 4.69) is 10.5 Å². The lowest BCUT2D eigenvalue weighted by atomic mass is 10.2. The van der Waals surface area contributed by atoms with E-state index >= 15 is 0 Å². The molecular weight excluding hydrogens is 368 g/mol. The summed E-state index contributed by atoms with van der Waals surface area (Å²) in [7, 11) is 1.78. The van der Waals surface area contributed by atoms with E-state index < -0.39 is 0 Å². The third kappa shape index (κ3) is 4.45. The minimum absolute atomic E-state index is 0.0670. The highest BCUT2D eigenvalue weighted by Gasteiger charge is 2.14. The second kappa shape index (κ2) is 8.60. The first kappa shape index (κ1) is 20.1. The number of carbonyl (C=O) groups is 1. The molecule has 1 heterocycles. The van der Waals surface area contributed by atoms with Crippen LogP contribution in [-0.4, -0.2) is 27.6 Å². The number of rotatable bonds is 6. The van der Waals surface area contributed by atoms with Crippen molar-refractivity contribution in [2.75, 3.05) is 0 Å². The molecule has 7 nitrogen and oxygen atoms in total. The van der Waals surface area contributed by atoms with Crippen LogP contribution in [-0.2, 0) is 7.05 Å². The van der Waals surface area contributed by atoms with Crippen LogP contribution in [0.2, 0.25) is 0 Å². The summed E-state index contributed by atoms with van der Waals surface area (Å²) in [5.74, 6) is 0.357. The van der Waals surface area contributed by atoms with Gasteiger partial charge < -0.3 is 4.74 Å². The standard InChI is InChI=1S/C22H24N4O3/c1-15(2)29-19-12-10-17(11-13-19)21(27)24-23-14-20-16(3)22(28)26(25(20)4)18-8-6-5-7-9-18/h5-15H,1-4H3,(H,24,27)/b23-14-. The number of amides is 1. The molecular formula is C22H24N4O3. The van der Waals surface area contributed by atoms with Crippen LogP contribution in [0.5, 0.6) is 5.75 Å². The second-order valence-electron chi connectivity index (χ2n) is 6.88. The van der Waals surface area contributed by atoms with Crippen molar-refractivity contribution in [1.82, 2.24) is 14.8 Å². The van der Waals surface area contributed by atoms with Gasteiger partial charge in [-0.1, -0.05) is 18.2 Å². The number of carbonyl (C=O) groups excluding carboxylic acids is 1. The molecule has 1 N–H and O–H groups in total. The zero-order chi connectivity index (χ0) is 21.0. The molecule has 0 atom stereocenters. The van der Waals surface area contributed by atoms with Crippen LogP contribution in [0, 0.1) is 6.92 Å². The number of nitrogens with zero attached hydrogens (tertiary/aromatic N) is 3. The summed E-state index contributed by atoms with van der Waals surface area (Å²) in [6, 6.07) is 16.2. The average molecular weight is 392 g/mol. The molecule has 2 aromatic carbocycles. The van der Waals surface area contributed by atoms with Gasteiger partial charge in [-0.25, -0.2) is 10.1 Å². The Balaban J connectivity index is 1.75. The van der Waals surface area contributed by atoms with Crippen molar-refractivity contribution in [3.05, 3.63) is 81.8 Å². The van der Waals surface area contributed by atoms with Crippen LogP contribution in [0.25, 0.3) is 5.69 Å². The fourth-order valence-corrected chi connectivity index (χ4v) is 2.97. The van der Waals surface area contributed by atoms with Gasteiger partial charge in [0.2, 0.25) is 0 Å². The van der Waals surface area contributed by atoms with Gasteiger partial charge >= 0.3 is 0 Å². The monoisotopic (exact) mass is 392 g/mol. The molecule has 150 valence electrons. The summed E-state index contributed by atoms with van der Waals surface area (Å²) in [5, 5.41) is 4.03. The average Bonchev–Trinajstić information content (AvgIpc) is 2.91. The fourth-order valence-electron chi connectivity index (χ4n) is 2.97. The van der Waals surface area contributed by atoms with Crippen molar-refractivity contribution in [2.45, 2.75) is 26.9 Å². The van der Waals surface area contributed by atoms with E-state index in [1.54, 1.807) is 47.6 Å². The summed E-state index contributed by atoms with van der Waals surface area (Å²) in [6.45, 7) is 5.61. The zero-order valence-corrected chi connectivity index (χ0v) is 16.9. The number of aromatic nitrogens is 2. The van der Waals surface area contributed by atoms with Gasteiger partial charge in [-0.2, -0.15) is 5.10 Å². The normalized spacial score (nSPS) is 11.2. The first-order valence-corrected chi connectivity index (χ1v) is 9.32. The van der Waals surface area contributed by atoms with Crippen molar-refractivity contribution in [3.63, 3.8) is 0 Å². The summed E-state index contributed by atoms with van der Waals surface area (Å²) in [6.07, 6.45) is 1.54. The number of benzene rings is 2. The van der Waals surface area contributed by atoms with E-state index in [0.29, 0.717) is 22.6 Å². The molecule has 1 aromatic heterocycles. The Morgan fingerprint density at radius 2 is 1.76 bits per heavy atom. The quantitative estimate of drug-likeness (QED) is 0.517. The third-order valence-electron chi connectivity index (χ3n) is 4.39. The first-order chi connectivity index (χ1) is 13.9. The van der Waals surface area contributed by atoms with Gasteiger partial charge in [0.1, 0.15) is 5.75 Å². The minimum atomic E-state index is -0.345. The van der Waals surface area contributed by atoms with Crippen LogP contribution in [0.4, 0.5) is 0 Å². The largest absolute Gasteiger partial charge is 0.491 e. The highest BCUT2D eigenvalue weighted by molar-refractivity contribution is 5.95. The molecule has 0 spiro atoms. The van der Waals surface area contributed by atoms with Crippen molar-refractivity contribution < 1.29 is 9.53 Å². The Labute approximate surface area is 169 Å². The number of hydrazone groups is 1. The van der Waals surface area contributed by atoms with Crippen molar-refractivity contribution in [1.29, 1.82) is 0 Å². The molecule has 0 aliphatic heterocycles. The highest BCUT2D eigenvalue weighted by atomic mass is 16.5. The summed E-state index contributed by atoms with van der Waals surface area (Å²) >= 11 is 0. The van der Waals surface area contributed by atoms with Crippen LogP contribution >= 0.6 is 0 Å². The maximum Gasteiger partial charge on any atom is 0.274 e. The SMILES string of the molecule is Cc1c(/C=N\NC(=O)c2ccc(OC(C)C)cc2)n(C)n(-c2ccccc2)c1=O. The van der Waals surface area contributed by atoms with E-state index in [0.717, 1.165) is 5.69 Å². The number of ether oxygens (including phenoxy) is 1. The van der Waals surface area contributed by atoms with Gasteiger partial charge in [-0.15, -0.1) is 0 Å². The number of para-hydroxylation sites is 1. The summed E-state index contributed by atoms with van der Waals surface area (Å²) < 4.78 is 8.84. The molecule has 0 saturated heterocycles. The molecule has 7 heteroatoms. The minimum Gasteiger partial charge on any atom is -0.491 e. The molecule has 29 heavy (non-hydrogen) atoms. The van der Waals surface area contributed by atoms with E-state index in [9.17, 15) is 9.59 Å². The molecule has 0 fully saturated rings. The summed E-state index contributed by atoms with van der Waals surface area (Å²) in [4.78, 5) is 24.9. The van der Waals surface area contributed by atoms with Gasteiger partial charge in [-0.3, -0.25) is 14.3 Å². The maximum absolute atomic E-state index is 12.6. The molecule has 0 radical (unpaired) electrons. The molecule has 3 aromatic rings. The van der Waals surface area contributed by atoms with E-state index in [1.807, 2.05) is 44.2 Å². The lowest BCUT2D eigenvalue weighted by Crippen LogP contribution is -2.20. The van der Waals surface area contributed by atoms with Crippen LogP contribution < -0.4 is 15.7 Å². The molecule has 0 bridgehead atoms. The Bertz CT molecular complexity index is 1080. The van der Waals surface area contributed by atoms with Gasteiger partial charge in [0.05, 0.1) is 23.7 Å². The van der Waals surface area contributed by atoms with Crippen LogP contribution in [0.3, 0.4) is 0 Å². The number of hydrogen-bond acceptors (Lipinski definition) is 4. The first-order valence-electron chi connectivity index (χ1n) is 9.32. The van der Waals surface area contributed by atoms with Gasteiger partial charge in [0, 0.05) is 18.2 Å². The lowest BCUT2D eigenvalue weighted by molar-refractivity contribution is 0.0955. The van der Waals surface area contributed by atoms with E-state index in [1.165, 1.54) is 6.21 Å². The van der Waals surface area contributed by atoms with Crippen molar-refractivity contribution in [2.24, 2.45) is 12.1 Å². The predicted molar refractivity (Wildman–Crippen MR) is 113 cm³/mol. The molecule has 0 aliphatic rings. The van der Waals surface area contributed by atoms with Gasteiger partial charge in [0.25, 0.3) is 11.5 Å². The predicted octanol–water partition coefficient (Wildman–Crippen LogP) is 3.04. The second-order valence-corrected chi connectivity index (χ2v) is 6.88. The molecule has 0 aliphatic carbocycles. The topological polar surface area (TPSA) is 77.6 Å². The lowest BCUT2D eigenvalue weighted by Gasteiger charge is -2.09. The van der Waals surface area contributed by atoms with E-state index in [4.69, 9.17) is 4.74 Å². The Hall–Kier alpha value is -3.61. The Morgan fingerprint density at radius 3 is 2.38 bits per heavy atom. The fraction of sp³-hybridized carbons (Fsp3) is 0.227.